The Balaban J connectivity index is 3.43. The van der Waals surface area contributed by atoms with Crippen molar-refractivity contribution < 1.29 is 5.21 Å². The Kier molecular flexibility index (Phi) is 4.33. The lowest BCUT2D eigenvalue weighted by atomic mass is 10.3. The first kappa shape index (κ1) is 10.6. The topological polar surface area (TPSA) is 58.6 Å². The molecule has 0 bridgehead atoms. The molecule has 0 aliphatic heterocycles. The average molecular weight is 176 g/mol. The molecule has 0 radical (unpaired) electrons. The molecule has 0 aromatic carbocycles. The van der Waals surface area contributed by atoms with E-state index < -0.39 is 0 Å². The van der Waals surface area contributed by atoms with Gasteiger partial charge in [-0.15, -0.1) is 0 Å². The zero-order valence-electron chi connectivity index (χ0n) is 7.29. The molecular weight excluding hydrogens is 160 g/mol. The van der Waals surface area contributed by atoms with Gasteiger partial charge in [0.2, 0.25) is 0 Å². The fourth-order valence-electron chi connectivity index (χ4n) is 0.512. The molecular formula is C7H16N2OS. The van der Waals surface area contributed by atoms with Crippen LogP contribution in [0.3, 0.4) is 0 Å². The summed E-state index contributed by atoms with van der Waals surface area (Å²) >= 11 is 1.81. The Morgan fingerprint density at radius 3 is 2.45 bits per heavy atom. The molecule has 0 amide bonds. The molecule has 0 atom stereocenters. The van der Waals surface area contributed by atoms with Gasteiger partial charge in [-0.2, -0.15) is 11.8 Å². The summed E-state index contributed by atoms with van der Waals surface area (Å²) < 4.78 is 0.260. The highest BCUT2D eigenvalue weighted by Crippen LogP contribution is 2.23. The minimum Gasteiger partial charge on any atom is -0.409 e. The van der Waals surface area contributed by atoms with Crippen molar-refractivity contribution in [3.8, 4) is 0 Å². The van der Waals surface area contributed by atoms with Crippen molar-refractivity contribution >= 4 is 17.6 Å². The lowest BCUT2D eigenvalue weighted by Gasteiger charge is -2.16. The smallest absolute Gasteiger partial charge is 0.139 e. The molecule has 0 aromatic heterocycles. The molecule has 3 N–H and O–H groups in total. The zero-order chi connectivity index (χ0) is 8.91. The van der Waals surface area contributed by atoms with Crippen molar-refractivity contribution in [2.45, 2.75) is 31.9 Å². The van der Waals surface area contributed by atoms with E-state index in [9.17, 15) is 0 Å². The van der Waals surface area contributed by atoms with E-state index >= 15 is 0 Å². The number of hydrogen-bond donors (Lipinski definition) is 2. The van der Waals surface area contributed by atoms with E-state index in [-0.39, 0.29) is 4.75 Å². The lowest BCUT2D eigenvalue weighted by Crippen LogP contribution is -2.15. The van der Waals surface area contributed by atoms with Crippen LogP contribution < -0.4 is 5.73 Å². The molecule has 0 saturated heterocycles. The molecule has 3 nitrogen and oxygen atoms in total. The Morgan fingerprint density at radius 2 is 2.09 bits per heavy atom. The zero-order valence-corrected chi connectivity index (χ0v) is 8.11. The second-order valence-corrected chi connectivity index (χ2v) is 5.22. The van der Waals surface area contributed by atoms with Crippen LogP contribution in [0, 0.1) is 0 Å². The summed E-state index contributed by atoms with van der Waals surface area (Å²) in [6.07, 6.45) is 0.651. The van der Waals surface area contributed by atoms with Crippen LogP contribution in [0.5, 0.6) is 0 Å². The van der Waals surface area contributed by atoms with E-state index in [1.54, 1.807) is 11.8 Å². The molecule has 0 saturated carbocycles. The summed E-state index contributed by atoms with van der Waals surface area (Å²) in [5.74, 6) is 1.21. The van der Waals surface area contributed by atoms with Gasteiger partial charge in [0, 0.05) is 16.9 Å². The fourth-order valence-corrected chi connectivity index (χ4v) is 1.44. The van der Waals surface area contributed by atoms with Gasteiger partial charge in [0.25, 0.3) is 0 Å². The highest BCUT2D eigenvalue weighted by atomic mass is 32.2. The molecule has 11 heavy (non-hydrogen) atoms. The van der Waals surface area contributed by atoms with Crippen molar-refractivity contribution in [2.75, 3.05) is 5.75 Å². The first-order valence-corrected chi connectivity index (χ1v) is 4.54. The largest absolute Gasteiger partial charge is 0.409 e. The van der Waals surface area contributed by atoms with E-state index in [1.807, 2.05) is 0 Å². The predicted molar refractivity (Wildman–Crippen MR) is 50.2 cm³/mol. The number of hydrogen-bond acceptors (Lipinski definition) is 3. The second kappa shape index (κ2) is 4.49. The van der Waals surface area contributed by atoms with Crippen LogP contribution in [0.4, 0.5) is 0 Å². The molecule has 0 aliphatic rings. The van der Waals surface area contributed by atoms with Crippen molar-refractivity contribution in [1.82, 2.24) is 0 Å². The molecule has 0 rings (SSSR count). The Hall–Kier alpha value is -0.380. The highest BCUT2D eigenvalue weighted by Gasteiger charge is 2.09. The minimum atomic E-state index is 0.260. The second-order valence-electron chi connectivity index (χ2n) is 3.30. The number of amidine groups is 1. The summed E-state index contributed by atoms with van der Waals surface area (Å²) in [5.41, 5.74) is 5.29. The highest BCUT2D eigenvalue weighted by molar-refractivity contribution is 8.00. The molecule has 0 aliphatic carbocycles. The Morgan fingerprint density at radius 1 is 1.55 bits per heavy atom. The van der Waals surface area contributed by atoms with Gasteiger partial charge in [-0.3, -0.25) is 0 Å². The molecule has 66 valence electrons. The van der Waals surface area contributed by atoms with Crippen molar-refractivity contribution in [3.63, 3.8) is 0 Å². The average Bonchev–Trinajstić information content (AvgIpc) is 1.85. The summed E-state index contributed by atoms with van der Waals surface area (Å²) in [6.45, 7) is 6.43. The minimum absolute atomic E-state index is 0.260. The van der Waals surface area contributed by atoms with E-state index in [1.165, 1.54) is 0 Å². The standard InChI is InChI=1S/C7H16N2OS/c1-7(2,3)11-5-4-6(8)9-10/h10H,4-5H2,1-3H3,(H2,8,9). The number of rotatable bonds is 3. The Bertz CT molecular complexity index is 140. The third-order valence-corrected chi connectivity index (χ3v) is 2.30. The molecule has 4 heteroatoms. The third-order valence-electron chi connectivity index (χ3n) is 1.02. The fraction of sp³-hybridized carbons (Fsp3) is 0.857. The van der Waals surface area contributed by atoms with E-state index in [0.29, 0.717) is 12.3 Å². The summed E-state index contributed by atoms with van der Waals surface area (Å²) in [7, 11) is 0. The van der Waals surface area contributed by atoms with Crippen LogP contribution >= 0.6 is 11.8 Å². The van der Waals surface area contributed by atoms with Gasteiger partial charge in [-0.05, 0) is 0 Å². The lowest BCUT2D eigenvalue weighted by molar-refractivity contribution is 0.317. The van der Waals surface area contributed by atoms with Crippen molar-refractivity contribution in [2.24, 2.45) is 10.9 Å². The van der Waals surface area contributed by atoms with E-state index in [2.05, 4.69) is 25.9 Å². The number of thioether (sulfide) groups is 1. The van der Waals surface area contributed by atoms with Gasteiger partial charge in [0.05, 0.1) is 0 Å². The monoisotopic (exact) mass is 176 g/mol. The van der Waals surface area contributed by atoms with Crippen molar-refractivity contribution in [3.05, 3.63) is 0 Å². The van der Waals surface area contributed by atoms with Crippen LogP contribution in [-0.2, 0) is 0 Å². The van der Waals surface area contributed by atoms with Gasteiger partial charge in [0.1, 0.15) is 5.84 Å². The molecule has 0 fully saturated rings. The van der Waals surface area contributed by atoms with Gasteiger partial charge in [-0.1, -0.05) is 25.9 Å². The van der Waals surface area contributed by atoms with Gasteiger partial charge >= 0.3 is 0 Å². The molecule has 0 spiro atoms. The SMILES string of the molecule is CC(C)(C)SCC/C(N)=N/O. The first-order valence-electron chi connectivity index (χ1n) is 3.56. The molecule has 0 unspecified atom stereocenters. The maximum Gasteiger partial charge on any atom is 0.139 e. The summed E-state index contributed by atoms with van der Waals surface area (Å²) in [4.78, 5) is 0. The van der Waals surface area contributed by atoms with Gasteiger partial charge in [0.15, 0.2) is 0 Å². The maximum absolute atomic E-state index is 8.22. The van der Waals surface area contributed by atoms with Gasteiger partial charge < -0.3 is 10.9 Å². The predicted octanol–water partition coefficient (Wildman–Crippen LogP) is 1.65. The number of nitrogens with zero attached hydrogens (tertiary/aromatic N) is 1. The van der Waals surface area contributed by atoms with Crippen LogP contribution in [-0.4, -0.2) is 21.5 Å². The maximum atomic E-state index is 8.22. The van der Waals surface area contributed by atoms with E-state index in [4.69, 9.17) is 10.9 Å². The van der Waals surface area contributed by atoms with Crippen LogP contribution in [0.2, 0.25) is 0 Å². The number of oxime groups is 1. The normalized spacial score (nSPS) is 13.5. The number of nitrogens with two attached hydrogens (primary N) is 1. The molecule has 0 heterocycles. The van der Waals surface area contributed by atoms with Crippen LogP contribution in [0.25, 0.3) is 0 Å². The summed E-state index contributed by atoms with van der Waals surface area (Å²) in [5, 5.41) is 11.1. The first-order chi connectivity index (χ1) is 4.95. The van der Waals surface area contributed by atoms with Crippen LogP contribution in [0.15, 0.2) is 5.16 Å². The third kappa shape index (κ3) is 7.52. The Labute approximate surface area is 72.0 Å². The van der Waals surface area contributed by atoms with Gasteiger partial charge in [-0.25, -0.2) is 0 Å². The quantitative estimate of drug-likeness (QED) is 0.297. The van der Waals surface area contributed by atoms with Crippen LogP contribution in [0.1, 0.15) is 27.2 Å². The molecule has 0 aromatic rings. The van der Waals surface area contributed by atoms with E-state index in [0.717, 1.165) is 5.75 Å². The van der Waals surface area contributed by atoms with Crippen molar-refractivity contribution in [1.29, 1.82) is 0 Å². The summed E-state index contributed by atoms with van der Waals surface area (Å²) in [6, 6.07) is 0.